The predicted molar refractivity (Wildman–Crippen MR) is 110 cm³/mol. The van der Waals surface area contributed by atoms with E-state index in [4.69, 9.17) is 4.42 Å². The average Bonchev–Trinajstić information content (AvgIpc) is 3.20. The highest BCUT2D eigenvalue weighted by Gasteiger charge is 2.19. The lowest BCUT2D eigenvalue weighted by Gasteiger charge is -2.19. The normalized spacial score (nSPS) is 11.5. The molecule has 3 rings (SSSR count). The van der Waals surface area contributed by atoms with Crippen LogP contribution >= 0.6 is 11.5 Å². The zero-order chi connectivity index (χ0) is 20.5. The van der Waals surface area contributed by atoms with E-state index in [1.807, 2.05) is 12.1 Å². The van der Waals surface area contributed by atoms with Crippen LogP contribution in [0.4, 0.5) is 5.13 Å². The van der Waals surface area contributed by atoms with Gasteiger partial charge in [0.15, 0.2) is 5.82 Å². The first-order valence-electron chi connectivity index (χ1n) is 8.98. The first-order valence-corrected chi connectivity index (χ1v) is 9.75. The summed E-state index contributed by atoms with van der Waals surface area (Å²) in [5, 5.41) is 3.09. The van der Waals surface area contributed by atoms with E-state index in [0.717, 1.165) is 17.1 Å². The van der Waals surface area contributed by atoms with Gasteiger partial charge < -0.3 is 4.42 Å². The summed E-state index contributed by atoms with van der Waals surface area (Å²) in [4.78, 5) is 28.0. The molecule has 0 spiro atoms. The molecule has 0 radical (unpaired) electrons. The summed E-state index contributed by atoms with van der Waals surface area (Å²) in [7, 11) is 0. The fourth-order valence-corrected chi connectivity index (χ4v) is 3.33. The van der Waals surface area contributed by atoms with Gasteiger partial charge in [0.25, 0.3) is 5.91 Å². The van der Waals surface area contributed by atoms with Gasteiger partial charge in [-0.15, -0.1) is 0 Å². The predicted octanol–water partition coefficient (Wildman–Crippen LogP) is 4.79. The van der Waals surface area contributed by atoms with Crippen molar-refractivity contribution in [1.29, 1.82) is 0 Å². The molecule has 0 unspecified atom stereocenters. The Morgan fingerprint density at radius 2 is 1.96 bits per heavy atom. The molecule has 28 heavy (non-hydrogen) atoms. The Morgan fingerprint density at radius 1 is 1.21 bits per heavy atom. The highest BCUT2D eigenvalue weighted by atomic mass is 32.1. The van der Waals surface area contributed by atoms with Crippen molar-refractivity contribution in [3.05, 3.63) is 53.0 Å². The molecule has 0 aliphatic carbocycles. The number of carbonyl (C=O) groups is 2. The molecule has 146 valence electrons. The summed E-state index contributed by atoms with van der Waals surface area (Å²) in [6.07, 6.45) is 0.158. The van der Waals surface area contributed by atoms with Crippen LogP contribution in [0.2, 0.25) is 0 Å². The van der Waals surface area contributed by atoms with Crippen LogP contribution < -0.4 is 5.32 Å². The Hall–Kier alpha value is -2.80. The summed E-state index contributed by atoms with van der Waals surface area (Å²) >= 11 is 1.05. The minimum absolute atomic E-state index is 0.0211. The topological polar surface area (TPSA) is 85.1 Å². The number of ketones is 1. The number of anilines is 1. The number of nitrogens with one attached hydrogen (secondary N) is 1. The van der Waals surface area contributed by atoms with Gasteiger partial charge in [-0.1, -0.05) is 39.0 Å². The molecule has 0 atom stereocenters. The Morgan fingerprint density at radius 3 is 2.64 bits per heavy atom. The first kappa shape index (κ1) is 19.9. The van der Waals surface area contributed by atoms with Gasteiger partial charge in [-0.2, -0.15) is 4.37 Å². The van der Waals surface area contributed by atoms with Gasteiger partial charge in [-0.25, -0.2) is 4.98 Å². The second-order valence-electron chi connectivity index (χ2n) is 7.76. The van der Waals surface area contributed by atoms with Gasteiger partial charge in [0.05, 0.1) is 12.0 Å². The minimum atomic E-state index is -0.315. The van der Waals surface area contributed by atoms with Gasteiger partial charge in [0.2, 0.25) is 5.13 Å². The molecule has 6 nitrogen and oxygen atoms in total. The van der Waals surface area contributed by atoms with E-state index in [2.05, 4.69) is 47.6 Å². The average molecular weight is 398 g/mol. The fourth-order valence-electron chi connectivity index (χ4n) is 2.75. The molecule has 1 amide bonds. The van der Waals surface area contributed by atoms with Crippen molar-refractivity contribution in [2.75, 3.05) is 5.32 Å². The molecule has 2 aromatic heterocycles. The van der Waals surface area contributed by atoms with Crippen LogP contribution in [-0.2, 0) is 16.6 Å². The highest BCUT2D eigenvalue weighted by Crippen LogP contribution is 2.30. The number of furan rings is 1. The molecule has 0 fully saturated rings. The summed E-state index contributed by atoms with van der Waals surface area (Å²) < 4.78 is 9.93. The standard InChI is InChI=1S/C21H23N3O3S/c1-12(25)9-18-22-20(28-24-18)23-19(26)16-11-17(27-13(16)2)14-7-6-8-15(10-14)21(3,4)5/h6-8,10-11H,9H2,1-5H3,(H,22,23,24,26). The molecule has 1 aromatic carbocycles. The lowest BCUT2D eigenvalue weighted by atomic mass is 9.86. The number of nitrogens with zero attached hydrogens (tertiary/aromatic N) is 2. The van der Waals surface area contributed by atoms with E-state index in [-0.39, 0.29) is 23.5 Å². The SMILES string of the molecule is CC(=O)Cc1nsc(NC(=O)c2cc(-c3cccc(C(C)(C)C)c3)oc2C)n1. The van der Waals surface area contributed by atoms with E-state index in [1.54, 1.807) is 13.0 Å². The van der Waals surface area contributed by atoms with Crippen molar-refractivity contribution >= 4 is 28.4 Å². The molecule has 0 aliphatic heterocycles. The van der Waals surface area contributed by atoms with Crippen LogP contribution in [-0.4, -0.2) is 21.0 Å². The van der Waals surface area contributed by atoms with E-state index in [9.17, 15) is 9.59 Å². The van der Waals surface area contributed by atoms with Crippen molar-refractivity contribution < 1.29 is 14.0 Å². The lowest BCUT2D eigenvalue weighted by Crippen LogP contribution is -2.12. The molecule has 1 N–H and O–H groups in total. The summed E-state index contributed by atoms with van der Waals surface area (Å²) in [6, 6.07) is 9.86. The van der Waals surface area contributed by atoms with Gasteiger partial charge >= 0.3 is 0 Å². The smallest absolute Gasteiger partial charge is 0.261 e. The molecule has 2 heterocycles. The number of Topliss-reactive ketones (excluding diaryl/α,β-unsaturated/α-hetero) is 1. The van der Waals surface area contributed by atoms with E-state index < -0.39 is 0 Å². The lowest BCUT2D eigenvalue weighted by molar-refractivity contribution is -0.116. The Bertz CT molecular complexity index is 1030. The maximum atomic E-state index is 12.6. The molecular weight excluding hydrogens is 374 g/mol. The van der Waals surface area contributed by atoms with Crippen LogP contribution in [0.1, 0.15) is 55.2 Å². The maximum absolute atomic E-state index is 12.6. The maximum Gasteiger partial charge on any atom is 0.261 e. The van der Waals surface area contributed by atoms with Gasteiger partial charge in [-0.05, 0) is 37.0 Å². The second kappa shape index (κ2) is 7.67. The summed E-state index contributed by atoms with van der Waals surface area (Å²) in [5.41, 5.74) is 2.58. The number of hydrogen-bond acceptors (Lipinski definition) is 6. The number of amides is 1. The number of hydrogen-bond donors (Lipinski definition) is 1. The number of rotatable bonds is 5. The third-order valence-corrected chi connectivity index (χ3v) is 4.94. The third kappa shape index (κ3) is 4.54. The molecule has 3 aromatic rings. The van der Waals surface area contributed by atoms with Crippen LogP contribution in [0.15, 0.2) is 34.7 Å². The van der Waals surface area contributed by atoms with Crippen LogP contribution in [0.25, 0.3) is 11.3 Å². The molecule has 0 bridgehead atoms. The Balaban J connectivity index is 1.81. The minimum Gasteiger partial charge on any atom is -0.461 e. The van der Waals surface area contributed by atoms with Crippen molar-refractivity contribution in [2.45, 2.75) is 46.5 Å². The number of aromatic nitrogens is 2. The van der Waals surface area contributed by atoms with Gasteiger partial charge in [-0.3, -0.25) is 14.9 Å². The molecule has 7 heteroatoms. The van der Waals surface area contributed by atoms with Crippen LogP contribution in [0, 0.1) is 6.92 Å². The van der Waals surface area contributed by atoms with E-state index in [0.29, 0.717) is 28.0 Å². The zero-order valence-corrected chi connectivity index (χ0v) is 17.4. The summed E-state index contributed by atoms with van der Waals surface area (Å²) in [6.45, 7) is 9.69. The van der Waals surface area contributed by atoms with Crippen LogP contribution in [0.3, 0.4) is 0 Å². The zero-order valence-electron chi connectivity index (χ0n) is 16.6. The summed E-state index contributed by atoms with van der Waals surface area (Å²) in [5.74, 6) is 1.25. The van der Waals surface area contributed by atoms with E-state index >= 15 is 0 Å². The van der Waals surface area contributed by atoms with Crippen LogP contribution in [0.5, 0.6) is 0 Å². The number of aryl methyl sites for hydroxylation is 1. The fraction of sp³-hybridized carbons (Fsp3) is 0.333. The molecular formula is C21H23N3O3S. The molecule has 0 saturated heterocycles. The number of carbonyl (C=O) groups excluding carboxylic acids is 2. The third-order valence-electron chi connectivity index (χ3n) is 4.27. The molecule has 0 aliphatic rings. The van der Waals surface area contributed by atoms with Crippen molar-refractivity contribution in [3.8, 4) is 11.3 Å². The second-order valence-corrected chi connectivity index (χ2v) is 8.51. The van der Waals surface area contributed by atoms with Crippen molar-refractivity contribution in [1.82, 2.24) is 9.36 Å². The first-order chi connectivity index (χ1) is 13.1. The van der Waals surface area contributed by atoms with Crippen molar-refractivity contribution in [2.24, 2.45) is 0 Å². The monoisotopic (exact) mass is 397 g/mol. The van der Waals surface area contributed by atoms with Crippen molar-refractivity contribution in [3.63, 3.8) is 0 Å². The Labute approximate surface area is 168 Å². The number of benzene rings is 1. The highest BCUT2D eigenvalue weighted by molar-refractivity contribution is 7.09. The quantitative estimate of drug-likeness (QED) is 0.669. The molecule has 0 saturated carbocycles. The Kier molecular flexibility index (Phi) is 5.47. The van der Waals surface area contributed by atoms with E-state index in [1.165, 1.54) is 12.5 Å². The van der Waals surface area contributed by atoms with Gasteiger partial charge in [0, 0.05) is 17.1 Å². The largest absolute Gasteiger partial charge is 0.461 e. The van der Waals surface area contributed by atoms with Gasteiger partial charge in [0.1, 0.15) is 17.3 Å².